The van der Waals surface area contributed by atoms with Crippen molar-refractivity contribution in [2.45, 2.75) is 25.9 Å². The van der Waals surface area contributed by atoms with Crippen molar-refractivity contribution in [1.29, 1.82) is 0 Å². The summed E-state index contributed by atoms with van der Waals surface area (Å²) in [5.74, 6) is 0.183. The van der Waals surface area contributed by atoms with E-state index in [0.717, 1.165) is 18.6 Å². The number of carbonyl (C=O) groups is 1. The van der Waals surface area contributed by atoms with Gasteiger partial charge in [-0.1, -0.05) is 6.07 Å². The lowest BCUT2D eigenvalue weighted by atomic mass is 10.1. The summed E-state index contributed by atoms with van der Waals surface area (Å²) in [6.07, 6.45) is 3.46. The van der Waals surface area contributed by atoms with Crippen LogP contribution in [-0.2, 0) is 19.4 Å². The molecule has 0 atom stereocenters. The first-order chi connectivity index (χ1) is 9.22. The number of benzene rings is 1. The van der Waals surface area contributed by atoms with E-state index in [1.807, 2.05) is 6.07 Å². The first kappa shape index (κ1) is 11.8. The molecular weight excluding hydrogens is 244 g/mol. The molecule has 98 valence electrons. The minimum atomic E-state index is -1.07. The Labute approximate surface area is 110 Å². The molecule has 1 N–H and O–H groups in total. The monoisotopic (exact) mass is 258 g/mol. The van der Waals surface area contributed by atoms with Crippen LogP contribution in [0.15, 0.2) is 34.7 Å². The fraction of sp³-hybridized carbons (Fsp3) is 0.267. The quantitative estimate of drug-likeness (QED) is 0.915. The van der Waals surface area contributed by atoms with Crippen molar-refractivity contribution in [3.05, 3.63) is 53.0 Å². The van der Waals surface area contributed by atoms with E-state index in [0.29, 0.717) is 5.76 Å². The van der Waals surface area contributed by atoms with E-state index in [9.17, 15) is 4.79 Å². The summed E-state index contributed by atoms with van der Waals surface area (Å²) in [7, 11) is 0. The van der Waals surface area contributed by atoms with Crippen LogP contribution in [0.5, 0.6) is 5.75 Å². The van der Waals surface area contributed by atoms with Gasteiger partial charge in [-0.3, -0.25) is 0 Å². The molecule has 0 amide bonds. The fourth-order valence-corrected chi connectivity index (χ4v) is 2.36. The van der Waals surface area contributed by atoms with Crippen molar-refractivity contribution in [3.63, 3.8) is 0 Å². The van der Waals surface area contributed by atoms with Crippen molar-refractivity contribution >= 4 is 5.97 Å². The molecule has 1 aliphatic rings. The molecule has 0 aliphatic heterocycles. The molecule has 4 heteroatoms. The summed E-state index contributed by atoms with van der Waals surface area (Å²) in [4.78, 5) is 10.7. The average molecular weight is 258 g/mol. The maximum absolute atomic E-state index is 10.7. The van der Waals surface area contributed by atoms with Gasteiger partial charge in [0.25, 0.3) is 0 Å². The van der Waals surface area contributed by atoms with Gasteiger partial charge in [0, 0.05) is 0 Å². The van der Waals surface area contributed by atoms with E-state index in [2.05, 4.69) is 12.1 Å². The van der Waals surface area contributed by atoms with Crippen molar-refractivity contribution < 1.29 is 19.1 Å². The third-order valence-corrected chi connectivity index (χ3v) is 3.32. The maximum Gasteiger partial charge on any atom is 0.371 e. The number of hydrogen-bond donors (Lipinski definition) is 1. The Balaban J connectivity index is 1.67. The second-order valence-electron chi connectivity index (χ2n) is 4.64. The molecule has 1 aliphatic carbocycles. The number of aromatic carboxylic acids is 1. The van der Waals surface area contributed by atoms with Gasteiger partial charge in [-0.2, -0.15) is 0 Å². The largest absolute Gasteiger partial charge is 0.486 e. The van der Waals surface area contributed by atoms with Gasteiger partial charge in [0.2, 0.25) is 5.76 Å². The summed E-state index contributed by atoms with van der Waals surface area (Å²) in [6, 6.07) is 9.16. The lowest BCUT2D eigenvalue weighted by Gasteiger charge is -2.06. The van der Waals surface area contributed by atoms with Gasteiger partial charge < -0.3 is 14.3 Å². The Kier molecular flexibility index (Phi) is 2.99. The predicted octanol–water partition coefficient (Wildman–Crippen LogP) is 3.05. The fourth-order valence-electron chi connectivity index (χ4n) is 2.36. The molecule has 0 bridgehead atoms. The third kappa shape index (κ3) is 2.47. The van der Waals surface area contributed by atoms with E-state index < -0.39 is 5.97 Å². The highest BCUT2D eigenvalue weighted by Crippen LogP contribution is 2.26. The number of aryl methyl sites for hydroxylation is 2. The SMILES string of the molecule is O=C(O)c1ccc(COc2ccc3c(c2)CCC3)o1. The first-order valence-corrected chi connectivity index (χ1v) is 6.29. The Morgan fingerprint density at radius 1 is 1.21 bits per heavy atom. The minimum Gasteiger partial charge on any atom is -0.486 e. The van der Waals surface area contributed by atoms with Crippen LogP contribution in [0.4, 0.5) is 0 Å². The van der Waals surface area contributed by atoms with Crippen LogP contribution in [-0.4, -0.2) is 11.1 Å². The Hall–Kier alpha value is -2.23. The van der Waals surface area contributed by atoms with Crippen LogP contribution in [0, 0.1) is 0 Å². The molecular formula is C15H14O4. The third-order valence-electron chi connectivity index (χ3n) is 3.32. The first-order valence-electron chi connectivity index (χ1n) is 6.29. The zero-order valence-corrected chi connectivity index (χ0v) is 10.4. The van der Waals surface area contributed by atoms with Gasteiger partial charge in [0.05, 0.1) is 0 Å². The minimum absolute atomic E-state index is 0.0625. The van der Waals surface area contributed by atoms with Crippen molar-refractivity contribution in [2.75, 3.05) is 0 Å². The average Bonchev–Trinajstić information content (AvgIpc) is 3.04. The summed E-state index contributed by atoms with van der Waals surface area (Å²) in [5.41, 5.74) is 2.75. The van der Waals surface area contributed by atoms with Crippen LogP contribution in [0.3, 0.4) is 0 Å². The van der Waals surface area contributed by atoms with E-state index in [1.54, 1.807) is 6.07 Å². The molecule has 0 radical (unpaired) electrons. The number of ether oxygens (including phenoxy) is 1. The number of hydrogen-bond acceptors (Lipinski definition) is 3. The summed E-state index contributed by atoms with van der Waals surface area (Å²) in [6.45, 7) is 0.242. The summed E-state index contributed by atoms with van der Waals surface area (Å²) >= 11 is 0. The van der Waals surface area contributed by atoms with Gasteiger partial charge in [0.1, 0.15) is 18.1 Å². The van der Waals surface area contributed by atoms with Gasteiger partial charge in [0.15, 0.2) is 0 Å². The van der Waals surface area contributed by atoms with Crippen molar-refractivity contribution in [2.24, 2.45) is 0 Å². The van der Waals surface area contributed by atoms with Crippen LogP contribution >= 0.6 is 0 Å². The van der Waals surface area contributed by atoms with E-state index in [1.165, 1.54) is 23.6 Å². The molecule has 0 spiro atoms. The number of furan rings is 1. The Morgan fingerprint density at radius 2 is 2.05 bits per heavy atom. The molecule has 0 saturated heterocycles. The van der Waals surface area contributed by atoms with Crippen LogP contribution in [0.1, 0.15) is 33.9 Å². The van der Waals surface area contributed by atoms with Crippen molar-refractivity contribution in [1.82, 2.24) is 0 Å². The lowest BCUT2D eigenvalue weighted by Crippen LogP contribution is -1.96. The number of carboxylic acids is 1. The molecule has 0 unspecified atom stereocenters. The molecule has 19 heavy (non-hydrogen) atoms. The highest BCUT2D eigenvalue weighted by molar-refractivity contribution is 5.84. The van der Waals surface area contributed by atoms with E-state index in [-0.39, 0.29) is 12.4 Å². The van der Waals surface area contributed by atoms with Crippen molar-refractivity contribution in [3.8, 4) is 5.75 Å². The molecule has 1 aromatic carbocycles. The van der Waals surface area contributed by atoms with Crippen LogP contribution < -0.4 is 4.74 Å². The summed E-state index contributed by atoms with van der Waals surface area (Å²) < 4.78 is 10.8. The standard InChI is InChI=1S/C15H14O4/c16-15(17)14-7-6-13(19-14)9-18-12-5-4-10-2-1-3-11(10)8-12/h4-8H,1-3,9H2,(H,16,17). The molecule has 2 aromatic rings. The zero-order valence-electron chi connectivity index (χ0n) is 10.4. The molecule has 3 rings (SSSR count). The zero-order chi connectivity index (χ0) is 13.2. The molecule has 0 fully saturated rings. The number of carboxylic acid groups (broad SMARTS) is 1. The Bertz CT molecular complexity index is 612. The smallest absolute Gasteiger partial charge is 0.371 e. The van der Waals surface area contributed by atoms with Gasteiger partial charge in [-0.15, -0.1) is 0 Å². The van der Waals surface area contributed by atoms with Crippen LogP contribution in [0.25, 0.3) is 0 Å². The molecule has 4 nitrogen and oxygen atoms in total. The normalized spacial score (nSPS) is 13.3. The van der Waals surface area contributed by atoms with Gasteiger partial charge in [-0.25, -0.2) is 4.79 Å². The second-order valence-corrected chi connectivity index (χ2v) is 4.64. The second kappa shape index (κ2) is 4.80. The predicted molar refractivity (Wildman–Crippen MR) is 68.5 cm³/mol. The van der Waals surface area contributed by atoms with E-state index in [4.69, 9.17) is 14.3 Å². The summed E-state index contributed by atoms with van der Waals surface area (Å²) in [5, 5.41) is 8.75. The van der Waals surface area contributed by atoms with Gasteiger partial charge >= 0.3 is 5.97 Å². The Morgan fingerprint density at radius 3 is 2.84 bits per heavy atom. The topological polar surface area (TPSA) is 59.7 Å². The highest BCUT2D eigenvalue weighted by atomic mass is 16.5. The lowest BCUT2D eigenvalue weighted by molar-refractivity contribution is 0.0658. The number of rotatable bonds is 4. The molecule has 1 aromatic heterocycles. The maximum atomic E-state index is 10.7. The molecule has 1 heterocycles. The van der Waals surface area contributed by atoms with E-state index >= 15 is 0 Å². The van der Waals surface area contributed by atoms with Crippen LogP contribution in [0.2, 0.25) is 0 Å². The van der Waals surface area contributed by atoms with Gasteiger partial charge in [-0.05, 0) is 54.7 Å². The molecule has 0 saturated carbocycles. The highest BCUT2D eigenvalue weighted by Gasteiger charge is 2.12. The number of fused-ring (bicyclic) bond motifs is 1.